The summed E-state index contributed by atoms with van der Waals surface area (Å²) >= 11 is 0. The van der Waals surface area contributed by atoms with Crippen molar-refractivity contribution in [2.24, 2.45) is 0 Å². The highest BCUT2D eigenvalue weighted by Gasteiger charge is 2.20. The molecule has 0 saturated heterocycles. The number of anilines is 1. The maximum Gasteiger partial charge on any atom is 0.257 e. The van der Waals surface area contributed by atoms with E-state index in [2.05, 4.69) is 31.2 Å². The van der Waals surface area contributed by atoms with Crippen molar-refractivity contribution in [1.82, 2.24) is 9.78 Å². The molecule has 0 bridgehead atoms. The molecule has 0 fully saturated rings. The van der Waals surface area contributed by atoms with E-state index in [0.29, 0.717) is 5.56 Å². The second kappa shape index (κ2) is 5.12. The summed E-state index contributed by atoms with van der Waals surface area (Å²) in [4.78, 5) is 12.4. The Labute approximate surface area is 119 Å². The highest BCUT2D eigenvalue weighted by Crippen LogP contribution is 2.22. The smallest absolute Gasteiger partial charge is 0.257 e. The van der Waals surface area contributed by atoms with Gasteiger partial charge in [0.1, 0.15) is 5.82 Å². The van der Waals surface area contributed by atoms with Crippen molar-refractivity contribution in [3.63, 3.8) is 0 Å². The summed E-state index contributed by atoms with van der Waals surface area (Å²) in [6.07, 6.45) is 0. The van der Waals surface area contributed by atoms with Crippen LogP contribution in [-0.2, 0) is 5.54 Å². The van der Waals surface area contributed by atoms with Gasteiger partial charge in [-0.2, -0.15) is 5.10 Å². The van der Waals surface area contributed by atoms with Crippen LogP contribution in [0.5, 0.6) is 0 Å². The fraction of sp³-hybridized carbons (Fsp3) is 0.375. The predicted molar refractivity (Wildman–Crippen MR) is 81.1 cm³/mol. The number of benzene rings is 1. The van der Waals surface area contributed by atoms with Crippen LogP contribution < -0.4 is 5.32 Å². The molecule has 2 rings (SSSR count). The average molecular weight is 271 g/mol. The first-order valence-corrected chi connectivity index (χ1v) is 6.73. The number of rotatable bonds is 2. The van der Waals surface area contributed by atoms with Gasteiger partial charge in [0, 0.05) is 11.6 Å². The first-order chi connectivity index (χ1) is 9.29. The fourth-order valence-electron chi connectivity index (χ4n) is 2.11. The second-order valence-corrected chi connectivity index (χ2v) is 6.02. The van der Waals surface area contributed by atoms with Crippen molar-refractivity contribution in [3.8, 4) is 0 Å². The van der Waals surface area contributed by atoms with Crippen molar-refractivity contribution in [2.75, 3.05) is 5.32 Å². The minimum Gasteiger partial charge on any atom is -0.307 e. The molecule has 1 amide bonds. The number of aromatic nitrogens is 2. The molecular formula is C16H21N3O. The number of nitrogens with one attached hydrogen (secondary N) is 1. The summed E-state index contributed by atoms with van der Waals surface area (Å²) in [5.74, 6) is 0.622. The Morgan fingerprint density at radius 3 is 2.45 bits per heavy atom. The van der Waals surface area contributed by atoms with Gasteiger partial charge in [-0.3, -0.25) is 4.79 Å². The van der Waals surface area contributed by atoms with Crippen LogP contribution in [0.4, 0.5) is 5.82 Å². The standard InChI is InChI=1S/C16H21N3O/c1-11-8-6-7-9-13(11)15(20)17-14-10-12(2)18-19(14)16(3,4)5/h6-10H,1-5H3,(H,17,20). The van der Waals surface area contributed by atoms with E-state index in [0.717, 1.165) is 17.1 Å². The normalized spacial score (nSPS) is 11.4. The maximum atomic E-state index is 12.4. The molecular weight excluding hydrogens is 250 g/mol. The van der Waals surface area contributed by atoms with Crippen LogP contribution in [0.2, 0.25) is 0 Å². The van der Waals surface area contributed by atoms with Gasteiger partial charge in [0.05, 0.1) is 11.2 Å². The number of hydrogen-bond donors (Lipinski definition) is 1. The van der Waals surface area contributed by atoms with Crippen molar-refractivity contribution in [2.45, 2.75) is 40.2 Å². The van der Waals surface area contributed by atoms with Crippen LogP contribution in [0, 0.1) is 13.8 Å². The number of hydrogen-bond acceptors (Lipinski definition) is 2. The Hall–Kier alpha value is -2.10. The van der Waals surface area contributed by atoms with Crippen LogP contribution in [0.1, 0.15) is 42.4 Å². The van der Waals surface area contributed by atoms with Crippen molar-refractivity contribution in [3.05, 3.63) is 47.2 Å². The van der Waals surface area contributed by atoms with Gasteiger partial charge in [0.2, 0.25) is 0 Å². The predicted octanol–water partition coefficient (Wildman–Crippen LogP) is 3.51. The Bertz CT molecular complexity index is 635. The van der Waals surface area contributed by atoms with Crippen molar-refractivity contribution < 1.29 is 4.79 Å². The van der Waals surface area contributed by atoms with Crippen LogP contribution in [0.15, 0.2) is 30.3 Å². The average Bonchev–Trinajstić information content (AvgIpc) is 2.70. The van der Waals surface area contributed by atoms with Crippen LogP contribution >= 0.6 is 0 Å². The molecule has 106 valence electrons. The minimum atomic E-state index is -0.178. The van der Waals surface area contributed by atoms with E-state index in [-0.39, 0.29) is 11.4 Å². The van der Waals surface area contributed by atoms with E-state index in [9.17, 15) is 4.79 Å². The van der Waals surface area contributed by atoms with Gasteiger partial charge in [-0.25, -0.2) is 4.68 Å². The summed E-state index contributed by atoms with van der Waals surface area (Å²) < 4.78 is 1.85. The molecule has 2 aromatic rings. The lowest BCUT2D eigenvalue weighted by Crippen LogP contribution is -2.27. The summed E-state index contributed by atoms with van der Waals surface area (Å²) in [7, 11) is 0. The largest absolute Gasteiger partial charge is 0.307 e. The Morgan fingerprint density at radius 2 is 1.85 bits per heavy atom. The van der Waals surface area contributed by atoms with Gasteiger partial charge in [-0.15, -0.1) is 0 Å². The lowest BCUT2D eigenvalue weighted by atomic mass is 10.1. The van der Waals surface area contributed by atoms with Gasteiger partial charge in [-0.1, -0.05) is 18.2 Å². The molecule has 0 aliphatic carbocycles. The van der Waals surface area contributed by atoms with Gasteiger partial charge in [-0.05, 0) is 46.2 Å². The molecule has 0 aliphatic heterocycles. The highest BCUT2D eigenvalue weighted by molar-refractivity contribution is 6.04. The zero-order valence-electron chi connectivity index (χ0n) is 12.7. The molecule has 0 radical (unpaired) electrons. The number of aryl methyl sites for hydroxylation is 2. The molecule has 0 unspecified atom stereocenters. The molecule has 4 heteroatoms. The quantitative estimate of drug-likeness (QED) is 0.908. The fourth-order valence-corrected chi connectivity index (χ4v) is 2.11. The minimum absolute atomic E-state index is 0.103. The molecule has 1 aromatic heterocycles. The molecule has 0 atom stereocenters. The third-order valence-corrected chi connectivity index (χ3v) is 3.10. The summed E-state index contributed by atoms with van der Waals surface area (Å²) in [5.41, 5.74) is 2.36. The number of carbonyl (C=O) groups is 1. The van der Waals surface area contributed by atoms with Crippen molar-refractivity contribution >= 4 is 11.7 Å². The Balaban J connectivity index is 2.32. The summed E-state index contributed by atoms with van der Waals surface area (Å²) in [6, 6.07) is 9.45. The molecule has 1 heterocycles. The van der Waals surface area contributed by atoms with E-state index in [1.807, 2.05) is 48.9 Å². The first-order valence-electron chi connectivity index (χ1n) is 6.73. The zero-order valence-corrected chi connectivity index (χ0v) is 12.7. The van der Waals surface area contributed by atoms with E-state index in [1.165, 1.54) is 0 Å². The highest BCUT2D eigenvalue weighted by atomic mass is 16.1. The van der Waals surface area contributed by atoms with Gasteiger partial charge < -0.3 is 5.32 Å². The SMILES string of the molecule is Cc1cc(NC(=O)c2ccccc2C)n(C(C)(C)C)n1. The molecule has 4 nitrogen and oxygen atoms in total. The topological polar surface area (TPSA) is 46.9 Å². The molecule has 20 heavy (non-hydrogen) atoms. The third kappa shape index (κ3) is 2.90. The van der Waals surface area contributed by atoms with E-state index in [4.69, 9.17) is 0 Å². The summed E-state index contributed by atoms with van der Waals surface area (Å²) in [5, 5.41) is 7.41. The van der Waals surface area contributed by atoms with Gasteiger partial charge in [0.25, 0.3) is 5.91 Å². The maximum absolute atomic E-state index is 12.4. The lowest BCUT2D eigenvalue weighted by molar-refractivity contribution is 0.102. The number of nitrogens with zero attached hydrogens (tertiary/aromatic N) is 2. The first kappa shape index (κ1) is 14.3. The second-order valence-electron chi connectivity index (χ2n) is 6.02. The van der Waals surface area contributed by atoms with E-state index in [1.54, 1.807) is 0 Å². The number of carbonyl (C=O) groups excluding carboxylic acids is 1. The van der Waals surface area contributed by atoms with Gasteiger partial charge >= 0.3 is 0 Å². The molecule has 0 spiro atoms. The Kier molecular flexibility index (Phi) is 3.66. The van der Waals surface area contributed by atoms with Crippen LogP contribution in [0.25, 0.3) is 0 Å². The lowest BCUT2D eigenvalue weighted by Gasteiger charge is -2.22. The number of amides is 1. The van der Waals surface area contributed by atoms with Crippen LogP contribution in [-0.4, -0.2) is 15.7 Å². The Morgan fingerprint density at radius 1 is 1.20 bits per heavy atom. The molecule has 1 aromatic carbocycles. The molecule has 1 N–H and O–H groups in total. The molecule has 0 saturated carbocycles. The molecule has 0 aliphatic rings. The van der Waals surface area contributed by atoms with Gasteiger partial charge in [0.15, 0.2) is 0 Å². The zero-order chi connectivity index (χ0) is 14.9. The van der Waals surface area contributed by atoms with E-state index >= 15 is 0 Å². The van der Waals surface area contributed by atoms with E-state index < -0.39 is 0 Å². The third-order valence-electron chi connectivity index (χ3n) is 3.10. The summed E-state index contributed by atoms with van der Waals surface area (Å²) in [6.45, 7) is 10.0. The monoisotopic (exact) mass is 271 g/mol. The van der Waals surface area contributed by atoms with Crippen LogP contribution in [0.3, 0.4) is 0 Å². The van der Waals surface area contributed by atoms with Crippen molar-refractivity contribution in [1.29, 1.82) is 0 Å².